The largest absolute Gasteiger partial charge is 0.435 e. The van der Waals surface area contributed by atoms with Crippen molar-refractivity contribution in [2.24, 2.45) is 0 Å². The molecule has 2 aromatic heterocycles. The third-order valence-corrected chi connectivity index (χ3v) is 3.98. The molecule has 0 spiro atoms. The molecule has 0 saturated heterocycles. The van der Waals surface area contributed by atoms with Crippen LogP contribution >= 0.6 is 11.6 Å². The maximum atomic E-state index is 13.6. The molecule has 0 aliphatic heterocycles. The van der Waals surface area contributed by atoms with Gasteiger partial charge in [0.25, 0.3) is 0 Å². The van der Waals surface area contributed by atoms with E-state index in [1.54, 1.807) is 20.1 Å². The molecule has 138 valence electrons. The highest BCUT2D eigenvalue weighted by molar-refractivity contribution is 6.30. The summed E-state index contributed by atoms with van der Waals surface area (Å²) in [7, 11) is 1.55. The number of aryl methyl sites for hydroxylation is 1. The van der Waals surface area contributed by atoms with Crippen LogP contribution in [0.1, 0.15) is 11.4 Å². The second kappa shape index (κ2) is 7.13. The Kier molecular flexibility index (Phi) is 5.06. The summed E-state index contributed by atoms with van der Waals surface area (Å²) in [6.45, 7) is 2.54. The molecule has 2 heterocycles. The molecule has 0 aliphatic rings. The Morgan fingerprint density at radius 2 is 1.92 bits per heavy atom. The van der Waals surface area contributed by atoms with Crippen molar-refractivity contribution >= 4 is 23.1 Å². The highest BCUT2D eigenvalue weighted by Crippen LogP contribution is 2.39. The van der Waals surface area contributed by atoms with Crippen molar-refractivity contribution in [3.05, 3.63) is 46.7 Å². The van der Waals surface area contributed by atoms with Crippen molar-refractivity contribution in [2.75, 3.05) is 25.6 Å². The molecule has 0 radical (unpaired) electrons. The van der Waals surface area contributed by atoms with E-state index in [-0.39, 0.29) is 11.2 Å². The lowest BCUT2D eigenvalue weighted by atomic mass is 10.1. The number of aromatic nitrogens is 3. The normalized spacial score (nSPS) is 11.9. The number of halogens is 4. The number of nitrogens with zero attached hydrogens (tertiary/aromatic N) is 3. The smallest absolute Gasteiger partial charge is 0.383 e. The summed E-state index contributed by atoms with van der Waals surface area (Å²) in [6.07, 6.45) is -4.62. The van der Waals surface area contributed by atoms with Crippen molar-refractivity contribution < 1.29 is 17.9 Å². The number of alkyl halides is 3. The molecule has 26 heavy (non-hydrogen) atoms. The number of methoxy groups -OCH3 is 1. The van der Waals surface area contributed by atoms with E-state index in [4.69, 9.17) is 16.3 Å². The van der Waals surface area contributed by atoms with Gasteiger partial charge in [-0.25, -0.2) is 4.98 Å². The molecule has 0 amide bonds. The second-order valence-corrected chi connectivity index (χ2v) is 6.10. The zero-order chi connectivity index (χ0) is 18.9. The fourth-order valence-corrected chi connectivity index (χ4v) is 2.75. The molecular weight excluding hydrogens is 369 g/mol. The Balaban J connectivity index is 2.25. The molecule has 1 aromatic carbocycles. The fraction of sp³-hybridized carbons (Fsp3) is 0.294. The third-order valence-electron chi connectivity index (χ3n) is 3.73. The summed E-state index contributed by atoms with van der Waals surface area (Å²) < 4.78 is 47.0. The number of benzene rings is 1. The minimum atomic E-state index is -4.62. The first kappa shape index (κ1) is 18.5. The predicted molar refractivity (Wildman–Crippen MR) is 93.5 cm³/mol. The number of hydrogen-bond donors (Lipinski definition) is 1. The van der Waals surface area contributed by atoms with Crippen LogP contribution < -0.4 is 5.32 Å². The standard InChI is InChI=1S/C17H16ClF3N4O/c1-10-9-13(22-7-8-26-2)25-16(23-10)14(15(24-25)17(19,20)21)11-3-5-12(18)6-4-11/h3-6,9,22H,7-8H2,1-2H3. The minimum absolute atomic E-state index is 0.0762. The van der Waals surface area contributed by atoms with Gasteiger partial charge in [0.15, 0.2) is 11.3 Å². The number of ether oxygens (including phenoxy) is 1. The van der Waals surface area contributed by atoms with Gasteiger partial charge in [0.1, 0.15) is 5.82 Å². The summed E-state index contributed by atoms with van der Waals surface area (Å²) >= 11 is 5.86. The fourth-order valence-electron chi connectivity index (χ4n) is 2.63. The lowest BCUT2D eigenvalue weighted by Crippen LogP contribution is -2.12. The molecule has 0 unspecified atom stereocenters. The van der Waals surface area contributed by atoms with E-state index in [1.807, 2.05) is 0 Å². The topological polar surface area (TPSA) is 51.5 Å². The average molecular weight is 385 g/mol. The lowest BCUT2D eigenvalue weighted by Gasteiger charge is -2.09. The number of nitrogens with one attached hydrogen (secondary N) is 1. The molecule has 0 aliphatic carbocycles. The van der Waals surface area contributed by atoms with Gasteiger partial charge in [0, 0.05) is 30.4 Å². The minimum Gasteiger partial charge on any atom is -0.383 e. The summed E-state index contributed by atoms with van der Waals surface area (Å²) in [4.78, 5) is 4.29. The zero-order valence-electron chi connectivity index (χ0n) is 14.1. The molecule has 0 bridgehead atoms. The number of rotatable bonds is 5. The van der Waals surface area contributed by atoms with Gasteiger partial charge in [0.2, 0.25) is 0 Å². The van der Waals surface area contributed by atoms with E-state index in [9.17, 15) is 13.2 Å². The molecule has 0 saturated carbocycles. The number of fused-ring (bicyclic) bond motifs is 1. The molecule has 5 nitrogen and oxygen atoms in total. The second-order valence-electron chi connectivity index (χ2n) is 5.67. The van der Waals surface area contributed by atoms with Crippen LogP contribution in [0.5, 0.6) is 0 Å². The van der Waals surface area contributed by atoms with Crippen LogP contribution in [-0.2, 0) is 10.9 Å². The lowest BCUT2D eigenvalue weighted by molar-refractivity contribution is -0.140. The Hall–Kier alpha value is -2.32. The Bertz CT molecular complexity index is 922. The molecular formula is C17H16ClF3N4O. The van der Waals surface area contributed by atoms with Crippen LogP contribution in [0.25, 0.3) is 16.8 Å². The number of anilines is 1. The van der Waals surface area contributed by atoms with E-state index in [0.717, 1.165) is 0 Å². The summed E-state index contributed by atoms with van der Waals surface area (Å²) in [5, 5.41) is 7.26. The number of hydrogen-bond acceptors (Lipinski definition) is 4. The maximum Gasteiger partial charge on any atom is 0.435 e. The predicted octanol–water partition coefficient (Wildman–Crippen LogP) is 4.44. The van der Waals surface area contributed by atoms with Crippen LogP contribution in [0.4, 0.5) is 19.0 Å². The van der Waals surface area contributed by atoms with Gasteiger partial charge in [0.05, 0.1) is 12.2 Å². The summed E-state index contributed by atoms with van der Waals surface area (Å²) in [6, 6.07) is 7.76. The van der Waals surface area contributed by atoms with Crippen LogP contribution in [-0.4, -0.2) is 34.9 Å². The molecule has 9 heteroatoms. The molecule has 1 N–H and O–H groups in total. The van der Waals surface area contributed by atoms with E-state index < -0.39 is 11.9 Å². The van der Waals surface area contributed by atoms with Crippen LogP contribution in [0.3, 0.4) is 0 Å². The zero-order valence-corrected chi connectivity index (χ0v) is 14.8. The monoisotopic (exact) mass is 384 g/mol. The average Bonchev–Trinajstić information content (AvgIpc) is 2.95. The highest BCUT2D eigenvalue weighted by Gasteiger charge is 2.39. The van der Waals surface area contributed by atoms with Gasteiger partial charge >= 0.3 is 6.18 Å². The third kappa shape index (κ3) is 3.61. The highest BCUT2D eigenvalue weighted by atomic mass is 35.5. The van der Waals surface area contributed by atoms with E-state index in [1.165, 1.54) is 28.8 Å². The molecule has 3 rings (SSSR count). The first-order valence-corrected chi connectivity index (χ1v) is 8.15. The molecule has 0 atom stereocenters. The van der Waals surface area contributed by atoms with Crippen molar-refractivity contribution in [2.45, 2.75) is 13.1 Å². The van der Waals surface area contributed by atoms with Gasteiger partial charge in [-0.05, 0) is 24.6 Å². The quantitative estimate of drug-likeness (QED) is 0.661. The summed E-state index contributed by atoms with van der Waals surface area (Å²) in [5.74, 6) is 0.412. The summed E-state index contributed by atoms with van der Waals surface area (Å²) in [5.41, 5.74) is -0.0288. The Morgan fingerprint density at radius 3 is 2.54 bits per heavy atom. The molecule has 3 aromatic rings. The Labute approximate surface area is 152 Å². The van der Waals surface area contributed by atoms with E-state index >= 15 is 0 Å². The maximum absolute atomic E-state index is 13.6. The first-order valence-electron chi connectivity index (χ1n) is 7.77. The van der Waals surface area contributed by atoms with Gasteiger partial charge in [-0.3, -0.25) is 0 Å². The van der Waals surface area contributed by atoms with E-state index in [0.29, 0.717) is 35.2 Å². The van der Waals surface area contributed by atoms with Crippen molar-refractivity contribution in [1.29, 1.82) is 0 Å². The van der Waals surface area contributed by atoms with E-state index in [2.05, 4.69) is 15.4 Å². The van der Waals surface area contributed by atoms with Crippen molar-refractivity contribution in [3.8, 4) is 11.1 Å². The van der Waals surface area contributed by atoms with Crippen LogP contribution in [0.2, 0.25) is 5.02 Å². The molecule has 0 fully saturated rings. The van der Waals surface area contributed by atoms with Gasteiger partial charge in [-0.2, -0.15) is 22.8 Å². The van der Waals surface area contributed by atoms with Crippen LogP contribution in [0.15, 0.2) is 30.3 Å². The van der Waals surface area contributed by atoms with Gasteiger partial charge in [-0.1, -0.05) is 23.7 Å². The Morgan fingerprint density at radius 1 is 1.23 bits per heavy atom. The SMILES string of the molecule is COCCNc1cc(C)nc2c(-c3ccc(Cl)cc3)c(C(F)(F)F)nn12. The van der Waals surface area contributed by atoms with Crippen molar-refractivity contribution in [3.63, 3.8) is 0 Å². The van der Waals surface area contributed by atoms with Crippen LogP contribution in [0, 0.1) is 6.92 Å². The van der Waals surface area contributed by atoms with Crippen molar-refractivity contribution in [1.82, 2.24) is 14.6 Å². The first-order chi connectivity index (χ1) is 12.3. The van der Waals surface area contributed by atoms with Gasteiger partial charge < -0.3 is 10.1 Å². The van der Waals surface area contributed by atoms with Gasteiger partial charge in [-0.15, -0.1) is 0 Å².